The number of nitrogens with zero attached hydrogens (tertiary/aromatic N) is 2. The Morgan fingerprint density at radius 1 is 1.24 bits per heavy atom. The van der Waals surface area contributed by atoms with Crippen LogP contribution in [0.5, 0.6) is 0 Å². The molecular weight excluding hydrogens is 488 g/mol. The Labute approximate surface area is 200 Å². The van der Waals surface area contributed by atoms with Crippen molar-refractivity contribution in [2.45, 2.75) is 37.8 Å². The lowest BCUT2D eigenvalue weighted by atomic mass is 9.90. The smallest absolute Gasteiger partial charge is 0.407 e. The largest absolute Gasteiger partial charge is 0.453 e. The summed E-state index contributed by atoms with van der Waals surface area (Å²) in [5.74, 6) is 0.726. The second kappa shape index (κ2) is 9.30. The van der Waals surface area contributed by atoms with Crippen LogP contribution in [-0.2, 0) is 14.3 Å². The number of nitrogens with one attached hydrogen (secondary N) is 2. The van der Waals surface area contributed by atoms with E-state index in [0.29, 0.717) is 19.8 Å². The molecule has 8 nitrogen and oxygen atoms in total. The molecule has 0 bridgehead atoms. The molecule has 0 spiro atoms. The van der Waals surface area contributed by atoms with E-state index in [1.165, 1.54) is 7.11 Å². The summed E-state index contributed by atoms with van der Waals surface area (Å²) in [4.78, 5) is 36.0. The fraction of sp³-hybridized carbons (Fsp3) is 0.458. The number of carbonyl (C=O) groups excluding carboxylic acids is 2. The number of likely N-dealkylation sites (tertiary alicyclic amines) is 1. The molecule has 33 heavy (non-hydrogen) atoms. The van der Waals surface area contributed by atoms with Crippen LogP contribution < -0.4 is 5.32 Å². The van der Waals surface area contributed by atoms with Crippen molar-refractivity contribution in [3.8, 4) is 0 Å². The molecule has 2 aliphatic heterocycles. The molecular formula is C24H27BrN4O4. The highest BCUT2D eigenvalue weighted by Crippen LogP contribution is 2.35. The van der Waals surface area contributed by atoms with Gasteiger partial charge in [-0.3, -0.25) is 4.79 Å². The number of hydrogen-bond acceptors (Lipinski definition) is 5. The Bertz CT molecular complexity index is 1190. The third kappa shape index (κ3) is 4.31. The Kier molecular flexibility index (Phi) is 6.25. The van der Waals surface area contributed by atoms with Crippen LogP contribution in [0, 0.1) is 5.92 Å². The fourth-order valence-electron chi connectivity index (χ4n) is 5.07. The van der Waals surface area contributed by atoms with Gasteiger partial charge in [-0.25, -0.2) is 9.78 Å². The Balaban J connectivity index is 1.46. The normalized spacial score (nSPS) is 20.3. The molecule has 2 fully saturated rings. The van der Waals surface area contributed by atoms with Crippen molar-refractivity contribution in [3.05, 3.63) is 40.6 Å². The zero-order valence-electron chi connectivity index (χ0n) is 18.5. The van der Waals surface area contributed by atoms with Crippen molar-refractivity contribution in [1.29, 1.82) is 0 Å². The number of hydrogen-bond donors (Lipinski definition) is 2. The second-order valence-corrected chi connectivity index (χ2v) is 9.62. The third-order valence-electron chi connectivity index (χ3n) is 6.77. The molecule has 1 aromatic heterocycles. The van der Waals surface area contributed by atoms with E-state index in [9.17, 15) is 9.59 Å². The highest BCUT2D eigenvalue weighted by Gasteiger charge is 2.40. The molecule has 0 saturated carbocycles. The molecule has 2 aliphatic rings. The summed E-state index contributed by atoms with van der Waals surface area (Å²) in [5, 5.41) is 5.01. The number of carbonyl (C=O) groups is 2. The number of imidazole rings is 1. The number of fused-ring (bicyclic) bond motifs is 3. The van der Waals surface area contributed by atoms with E-state index in [0.717, 1.165) is 57.8 Å². The highest BCUT2D eigenvalue weighted by molar-refractivity contribution is 9.10. The number of methoxy groups -OCH3 is 1. The van der Waals surface area contributed by atoms with Gasteiger partial charge in [0.1, 0.15) is 11.9 Å². The summed E-state index contributed by atoms with van der Waals surface area (Å²) >= 11 is 3.53. The molecule has 2 N–H and O–H groups in total. The van der Waals surface area contributed by atoms with Gasteiger partial charge in [-0.15, -0.1) is 0 Å². The van der Waals surface area contributed by atoms with Crippen LogP contribution in [0.15, 0.2) is 34.8 Å². The summed E-state index contributed by atoms with van der Waals surface area (Å²) in [6, 6.07) is 9.45. The second-order valence-electron chi connectivity index (χ2n) is 8.70. The molecule has 5 rings (SSSR count). The summed E-state index contributed by atoms with van der Waals surface area (Å²) in [6.07, 6.45) is 2.58. The van der Waals surface area contributed by atoms with E-state index in [4.69, 9.17) is 14.5 Å². The van der Waals surface area contributed by atoms with Gasteiger partial charge >= 0.3 is 6.09 Å². The van der Waals surface area contributed by atoms with Crippen molar-refractivity contribution in [1.82, 2.24) is 20.2 Å². The zero-order valence-corrected chi connectivity index (χ0v) is 20.1. The van der Waals surface area contributed by atoms with Gasteiger partial charge < -0.3 is 24.7 Å². The molecule has 2 aromatic carbocycles. The van der Waals surface area contributed by atoms with Crippen LogP contribution in [-0.4, -0.2) is 59.8 Å². The van der Waals surface area contributed by atoms with Gasteiger partial charge in [-0.1, -0.05) is 28.1 Å². The lowest BCUT2D eigenvalue weighted by Crippen LogP contribution is -2.53. The van der Waals surface area contributed by atoms with Crippen molar-refractivity contribution < 1.29 is 19.1 Å². The van der Waals surface area contributed by atoms with Crippen LogP contribution in [0.3, 0.4) is 0 Å². The third-order valence-corrected chi connectivity index (χ3v) is 7.26. The number of H-pyrrole nitrogens is 1. The van der Waals surface area contributed by atoms with E-state index in [2.05, 4.69) is 44.4 Å². The summed E-state index contributed by atoms with van der Waals surface area (Å²) in [7, 11) is 1.32. The van der Waals surface area contributed by atoms with Crippen molar-refractivity contribution in [2.24, 2.45) is 5.92 Å². The molecule has 3 aromatic rings. The number of aromatic nitrogens is 2. The standard InChI is InChI=1S/C24H27BrN4O4/c1-32-24(31)28-20(14-8-11-33-12-9-14)23(30)29-10-2-3-19(29)22-26-18-7-4-15-13-16(25)5-6-17(15)21(18)27-22/h4-7,13-14,19-20H,2-3,8-12H2,1H3,(H,26,27)(H,28,31)/t19-,20-/m0/s1. The molecule has 9 heteroatoms. The Hall–Kier alpha value is -2.65. The monoisotopic (exact) mass is 514 g/mol. The van der Waals surface area contributed by atoms with Gasteiger partial charge in [0.15, 0.2) is 0 Å². The molecule has 3 heterocycles. The van der Waals surface area contributed by atoms with Crippen LogP contribution in [0.1, 0.15) is 37.5 Å². The minimum absolute atomic E-state index is 0.0182. The number of halogens is 1. The van der Waals surface area contributed by atoms with Crippen molar-refractivity contribution in [3.63, 3.8) is 0 Å². The number of rotatable bonds is 4. The highest BCUT2D eigenvalue weighted by atomic mass is 79.9. The minimum Gasteiger partial charge on any atom is -0.453 e. The predicted molar refractivity (Wildman–Crippen MR) is 128 cm³/mol. The van der Waals surface area contributed by atoms with Crippen LogP contribution in [0.2, 0.25) is 0 Å². The van der Waals surface area contributed by atoms with Crippen molar-refractivity contribution in [2.75, 3.05) is 26.9 Å². The number of amides is 2. The lowest BCUT2D eigenvalue weighted by molar-refractivity contribution is -0.136. The maximum absolute atomic E-state index is 13.7. The molecule has 0 aliphatic carbocycles. The first-order chi connectivity index (χ1) is 16.0. The maximum atomic E-state index is 13.7. The first-order valence-electron chi connectivity index (χ1n) is 11.4. The molecule has 2 atom stereocenters. The topological polar surface area (TPSA) is 96.5 Å². The lowest BCUT2D eigenvalue weighted by Gasteiger charge is -2.34. The maximum Gasteiger partial charge on any atom is 0.407 e. The first kappa shape index (κ1) is 22.2. The Morgan fingerprint density at radius 2 is 2.06 bits per heavy atom. The van der Waals surface area contributed by atoms with E-state index >= 15 is 0 Å². The van der Waals surface area contributed by atoms with Crippen LogP contribution in [0.25, 0.3) is 21.8 Å². The molecule has 0 unspecified atom stereocenters. The van der Waals surface area contributed by atoms with Gasteiger partial charge in [0.05, 0.1) is 24.2 Å². The predicted octanol–water partition coefficient (Wildman–Crippen LogP) is 4.29. The van der Waals surface area contributed by atoms with Crippen LogP contribution in [0.4, 0.5) is 4.79 Å². The fourth-order valence-corrected chi connectivity index (χ4v) is 5.45. The SMILES string of the molecule is COC(=O)N[C@H](C(=O)N1CCC[C@H]1c1nc2ccc3cc(Br)ccc3c2[nH]1)C1CCOCC1. The van der Waals surface area contributed by atoms with Gasteiger partial charge in [-0.05, 0) is 55.2 Å². The Morgan fingerprint density at radius 3 is 2.85 bits per heavy atom. The number of aromatic amines is 1. The number of alkyl carbamates (subject to hydrolysis) is 1. The van der Waals surface area contributed by atoms with E-state index in [1.54, 1.807) is 0 Å². The summed E-state index contributed by atoms with van der Waals surface area (Å²) < 4.78 is 11.3. The summed E-state index contributed by atoms with van der Waals surface area (Å²) in [5.41, 5.74) is 1.86. The van der Waals surface area contributed by atoms with Crippen molar-refractivity contribution >= 4 is 49.7 Å². The van der Waals surface area contributed by atoms with E-state index in [1.807, 2.05) is 17.0 Å². The minimum atomic E-state index is -0.635. The van der Waals surface area contributed by atoms with E-state index < -0.39 is 12.1 Å². The molecule has 2 saturated heterocycles. The van der Waals surface area contributed by atoms with Gasteiger partial charge in [-0.2, -0.15) is 0 Å². The van der Waals surface area contributed by atoms with Gasteiger partial charge in [0, 0.05) is 29.6 Å². The summed E-state index contributed by atoms with van der Waals surface area (Å²) in [6.45, 7) is 1.82. The zero-order chi connectivity index (χ0) is 22.9. The molecule has 2 amide bonds. The first-order valence-corrected chi connectivity index (χ1v) is 12.1. The van der Waals surface area contributed by atoms with Crippen LogP contribution >= 0.6 is 15.9 Å². The average Bonchev–Trinajstić information content (AvgIpc) is 3.49. The average molecular weight is 515 g/mol. The number of ether oxygens (including phenoxy) is 2. The van der Waals surface area contributed by atoms with Gasteiger partial charge in [0.25, 0.3) is 0 Å². The number of benzene rings is 2. The van der Waals surface area contributed by atoms with E-state index in [-0.39, 0.29) is 17.9 Å². The quantitative estimate of drug-likeness (QED) is 0.541. The molecule has 174 valence electrons. The van der Waals surface area contributed by atoms with Gasteiger partial charge in [0.2, 0.25) is 5.91 Å². The molecule has 0 radical (unpaired) electrons.